The fourth-order valence-corrected chi connectivity index (χ4v) is 6.75. The maximum Gasteiger partial charge on any atom is 0.303 e. The second-order valence-electron chi connectivity index (χ2n) is 11.4. The molecule has 0 radical (unpaired) electrons. The van der Waals surface area contributed by atoms with E-state index in [0.717, 1.165) is 30.4 Å². The average Bonchev–Trinajstić information content (AvgIpc) is 3.55. The first-order chi connectivity index (χ1) is 20.4. The molecule has 0 aromatic heterocycles. The molecule has 1 saturated carbocycles. The lowest BCUT2D eigenvalue weighted by Gasteiger charge is -2.27. The van der Waals surface area contributed by atoms with Gasteiger partial charge in [0.15, 0.2) is 0 Å². The molecular formula is C31H38N4O7S. The fraction of sp³-hybridized carbons (Fsp3) is 0.419. The number of anilines is 1. The van der Waals surface area contributed by atoms with Crippen LogP contribution in [0.3, 0.4) is 0 Å². The van der Waals surface area contributed by atoms with Crippen LogP contribution in [0.15, 0.2) is 66.1 Å². The molecule has 2 aromatic carbocycles. The van der Waals surface area contributed by atoms with E-state index in [4.69, 9.17) is 10.8 Å². The summed E-state index contributed by atoms with van der Waals surface area (Å²) < 4.78 is 28.9. The summed E-state index contributed by atoms with van der Waals surface area (Å²) in [5, 5.41) is 14.0. The van der Waals surface area contributed by atoms with Gasteiger partial charge in [-0.3, -0.25) is 19.2 Å². The smallest absolute Gasteiger partial charge is 0.303 e. The molecular weight excluding hydrogens is 572 g/mol. The molecule has 0 aliphatic heterocycles. The summed E-state index contributed by atoms with van der Waals surface area (Å²) in [4.78, 5) is 49.7. The van der Waals surface area contributed by atoms with Crippen molar-refractivity contribution in [1.29, 1.82) is 0 Å². The predicted molar refractivity (Wildman–Crippen MR) is 160 cm³/mol. The standard InChI is InChI=1S/C31H38N4O7S/c1-2-23-20-31(23,34-28(39)30(32)18-21-12-8-9-13-22(21)19-30)29(40)35-43(41,42)25-15-11-10-14-24(25)33-26(36)16-6-4-3-5-7-17-27(37)38/h2,8-15,23H,1,3-7,16-20,32H2,(H,33,36)(H,34,39)(H,35,40)(H,37,38)/t23-,31-/m1/s1. The van der Waals surface area contributed by atoms with E-state index in [1.807, 2.05) is 24.3 Å². The highest BCUT2D eigenvalue weighted by Gasteiger charge is 2.62. The Labute approximate surface area is 251 Å². The van der Waals surface area contributed by atoms with Crippen LogP contribution in [0.25, 0.3) is 0 Å². The minimum Gasteiger partial charge on any atom is -0.481 e. The van der Waals surface area contributed by atoms with Crippen LogP contribution in [-0.2, 0) is 42.0 Å². The number of hydrogen-bond acceptors (Lipinski definition) is 7. The van der Waals surface area contributed by atoms with Crippen molar-refractivity contribution in [1.82, 2.24) is 10.0 Å². The molecule has 0 unspecified atom stereocenters. The van der Waals surface area contributed by atoms with Crippen LogP contribution in [0.4, 0.5) is 5.69 Å². The lowest BCUT2D eigenvalue weighted by molar-refractivity contribution is -0.137. The van der Waals surface area contributed by atoms with Crippen LogP contribution in [0.2, 0.25) is 0 Å². The van der Waals surface area contributed by atoms with Gasteiger partial charge < -0.3 is 21.5 Å². The lowest BCUT2D eigenvalue weighted by atomic mass is 9.95. The van der Waals surface area contributed by atoms with Gasteiger partial charge in [0, 0.05) is 18.8 Å². The van der Waals surface area contributed by atoms with E-state index < -0.39 is 44.8 Å². The second kappa shape index (κ2) is 13.1. The molecule has 12 heteroatoms. The topological polar surface area (TPSA) is 185 Å². The number of sulfonamides is 1. The highest BCUT2D eigenvalue weighted by atomic mass is 32.2. The van der Waals surface area contributed by atoms with Crippen LogP contribution in [0, 0.1) is 5.92 Å². The van der Waals surface area contributed by atoms with E-state index in [1.54, 1.807) is 6.07 Å². The number of carbonyl (C=O) groups is 4. The van der Waals surface area contributed by atoms with Gasteiger partial charge in [-0.05, 0) is 55.4 Å². The van der Waals surface area contributed by atoms with Gasteiger partial charge in [0.05, 0.1) is 5.69 Å². The summed E-state index contributed by atoms with van der Waals surface area (Å²) in [5.41, 5.74) is 5.61. The van der Waals surface area contributed by atoms with Crippen molar-refractivity contribution in [3.05, 3.63) is 72.3 Å². The number of aliphatic carboxylic acids is 1. The molecule has 2 atom stereocenters. The molecule has 11 nitrogen and oxygen atoms in total. The van der Waals surface area contributed by atoms with Gasteiger partial charge >= 0.3 is 5.97 Å². The van der Waals surface area contributed by atoms with Crippen molar-refractivity contribution in [3.8, 4) is 0 Å². The number of nitrogens with two attached hydrogens (primary N) is 1. The van der Waals surface area contributed by atoms with Gasteiger partial charge in [0.2, 0.25) is 11.8 Å². The van der Waals surface area contributed by atoms with E-state index in [9.17, 15) is 27.6 Å². The van der Waals surface area contributed by atoms with Crippen LogP contribution in [0.5, 0.6) is 0 Å². The van der Waals surface area contributed by atoms with E-state index in [0.29, 0.717) is 25.7 Å². The van der Waals surface area contributed by atoms with Gasteiger partial charge in [0.25, 0.3) is 15.9 Å². The molecule has 0 spiro atoms. The molecule has 3 amide bonds. The lowest BCUT2D eigenvalue weighted by Crippen LogP contribution is -2.61. The zero-order chi connectivity index (χ0) is 31.3. The van der Waals surface area contributed by atoms with Gasteiger partial charge in [-0.1, -0.05) is 61.7 Å². The van der Waals surface area contributed by atoms with E-state index in [-0.39, 0.29) is 35.8 Å². The van der Waals surface area contributed by atoms with Gasteiger partial charge in [0.1, 0.15) is 16.0 Å². The molecule has 2 aromatic rings. The van der Waals surface area contributed by atoms with Crippen LogP contribution in [-0.4, -0.2) is 48.3 Å². The summed E-state index contributed by atoms with van der Waals surface area (Å²) in [6.45, 7) is 3.73. The first-order valence-corrected chi connectivity index (χ1v) is 15.9. The van der Waals surface area contributed by atoms with Gasteiger partial charge in [-0.15, -0.1) is 6.58 Å². The third-order valence-electron chi connectivity index (χ3n) is 8.10. The van der Waals surface area contributed by atoms with Gasteiger partial charge in [-0.25, -0.2) is 13.1 Å². The van der Waals surface area contributed by atoms with Crippen molar-refractivity contribution < 1.29 is 32.7 Å². The number of amides is 3. The zero-order valence-electron chi connectivity index (χ0n) is 23.9. The first kappa shape index (κ1) is 31.9. The molecule has 2 aliphatic rings. The molecule has 4 rings (SSSR count). The third kappa shape index (κ3) is 7.49. The van der Waals surface area contributed by atoms with Crippen LogP contribution in [0.1, 0.15) is 62.5 Å². The number of nitrogens with one attached hydrogen (secondary N) is 3. The molecule has 0 heterocycles. The number of carbonyl (C=O) groups excluding carboxylic acids is 3. The maximum atomic E-state index is 13.5. The number of carboxylic acid groups (broad SMARTS) is 1. The Hall–Kier alpha value is -4.03. The van der Waals surface area contributed by atoms with Crippen molar-refractivity contribution in [2.24, 2.45) is 11.7 Å². The Bertz CT molecular complexity index is 1500. The number of rotatable bonds is 15. The average molecular weight is 611 g/mol. The van der Waals surface area contributed by atoms with E-state index in [2.05, 4.69) is 21.9 Å². The maximum absolute atomic E-state index is 13.5. The van der Waals surface area contributed by atoms with Crippen LogP contribution >= 0.6 is 0 Å². The predicted octanol–water partition coefficient (Wildman–Crippen LogP) is 2.80. The minimum absolute atomic E-state index is 0.0213. The highest BCUT2D eigenvalue weighted by molar-refractivity contribution is 7.90. The Morgan fingerprint density at radius 3 is 2.09 bits per heavy atom. The molecule has 0 bridgehead atoms. The monoisotopic (exact) mass is 610 g/mol. The quantitative estimate of drug-likeness (QED) is 0.151. The van der Waals surface area contributed by atoms with E-state index in [1.165, 1.54) is 24.3 Å². The number of hydrogen-bond donors (Lipinski definition) is 5. The SMILES string of the molecule is C=C[C@@H]1C[C@]1(NC(=O)C1(N)Cc2ccccc2C1)C(=O)NS(=O)(=O)c1ccccc1NC(=O)CCCCCCCC(=O)O. The highest BCUT2D eigenvalue weighted by Crippen LogP contribution is 2.45. The minimum atomic E-state index is -4.45. The summed E-state index contributed by atoms with van der Waals surface area (Å²) in [6, 6.07) is 13.3. The Balaban J connectivity index is 1.38. The number of para-hydroxylation sites is 1. The molecule has 6 N–H and O–H groups in total. The molecule has 230 valence electrons. The zero-order valence-corrected chi connectivity index (χ0v) is 24.8. The summed E-state index contributed by atoms with van der Waals surface area (Å²) >= 11 is 0. The van der Waals surface area contributed by atoms with Gasteiger partial charge in [-0.2, -0.15) is 0 Å². The third-order valence-corrected chi connectivity index (χ3v) is 9.48. The molecule has 1 fully saturated rings. The van der Waals surface area contributed by atoms with E-state index >= 15 is 0 Å². The number of fused-ring (bicyclic) bond motifs is 1. The summed E-state index contributed by atoms with van der Waals surface area (Å²) in [7, 11) is -4.45. The molecule has 0 saturated heterocycles. The van der Waals surface area contributed by atoms with Crippen molar-refractivity contribution in [3.63, 3.8) is 0 Å². The Morgan fingerprint density at radius 2 is 1.49 bits per heavy atom. The Kier molecular flexibility index (Phi) is 9.71. The van der Waals surface area contributed by atoms with Crippen LogP contribution < -0.4 is 21.1 Å². The normalized spacial score (nSPS) is 20.0. The number of unbranched alkanes of at least 4 members (excludes halogenated alkanes) is 4. The molecule has 43 heavy (non-hydrogen) atoms. The fourth-order valence-electron chi connectivity index (χ4n) is 5.54. The largest absolute Gasteiger partial charge is 0.481 e. The van der Waals surface area contributed by atoms with Crippen molar-refractivity contribution in [2.45, 2.75) is 80.2 Å². The first-order valence-electron chi connectivity index (χ1n) is 14.4. The number of carboxylic acids is 1. The van der Waals surface area contributed by atoms with Crippen molar-refractivity contribution >= 4 is 39.4 Å². The second-order valence-corrected chi connectivity index (χ2v) is 13.0. The summed E-state index contributed by atoms with van der Waals surface area (Å²) in [5.74, 6) is -3.16. The van der Waals surface area contributed by atoms with Crippen molar-refractivity contribution in [2.75, 3.05) is 5.32 Å². The molecule has 2 aliphatic carbocycles. The summed E-state index contributed by atoms with van der Waals surface area (Å²) in [6.07, 6.45) is 5.94. The Morgan fingerprint density at radius 1 is 0.907 bits per heavy atom. The number of benzene rings is 2.